The Balaban J connectivity index is 1.52. The Bertz CT molecular complexity index is 1150. The summed E-state index contributed by atoms with van der Waals surface area (Å²) in [4.78, 5) is 20.0. The second kappa shape index (κ2) is 8.39. The van der Waals surface area contributed by atoms with Crippen molar-refractivity contribution in [3.63, 3.8) is 0 Å². The number of fused-ring (bicyclic) bond motifs is 1. The summed E-state index contributed by atoms with van der Waals surface area (Å²) in [7, 11) is 0. The molecule has 0 spiro atoms. The molecule has 0 radical (unpaired) electrons. The van der Waals surface area contributed by atoms with Gasteiger partial charge in [-0.1, -0.05) is 65.4 Å². The minimum atomic E-state index is -0.236. The third-order valence-corrected chi connectivity index (χ3v) is 5.22. The normalized spacial score (nSPS) is 12.3. The van der Waals surface area contributed by atoms with Crippen LogP contribution in [0.1, 0.15) is 48.3 Å². The van der Waals surface area contributed by atoms with Crippen LogP contribution in [0.4, 0.5) is 0 Å². The summed E-state index contributed by atoms with van der Waals surface area (Å²) >= 11 is 0. The highest BCUT2D eigenvalue weighted by Crippen LogP contribution is 2.18. The van der Waals surface area contributed by atoms with Gasteiger partial charge in [-0.2, -0.15) is 0 Å². The maximum atomic E-state index is 12.5. The van der Waals surface area contributed by atoms with Crippen LogP contribution in [-0.2, 0) is 12.8 Å². The molecule has 4 rings (SSSR count). The summed E-state index contributed by atoms with van der Waals surface area (Å²) in [5, 5.41) is 8.30. The lowest BCUT2D eigenvalue weighted by Gasteiger charge is -2.12. The quantitative estimate of drug-likeness (QED) is 0.520. The Hall–Kier alpha value is -3.28. The predicted octanol–water partition coefficient (Wildman–Crippen LogP) is 4.00. The summed E-state index contributed by atoms with van der Waals surface area (Å²) in [5.41, 5.74) is 4.26. The van der Waals surface area contributed by atoms with E-state index in [1.54, 1.807) is 4.68 Å². The minimum absolute atomic E-state index is 0.116. The second-order valence-electron chi connectivity index (χ2n) is 7.61. The van der Waals surface area contributed by atoms with E-state index in [-0.39, 0.29) is 11.6 Å². The third-order valence-electron chi connectivity index (χ3n) is 5.22. The molecule has 2 heterocycles. The molecule has 2 aromatic heterocycles. The van der Waals surface area contributed by atoms with Gasteiger partial charge in [-0.05, 0) is 44.2 Å². The predicted molar refractivity (Wildman–Crippen MR) is 114 cm³/mol. The van der Waals surface area contributed by atoms with Crippen molar-refractivity contribution in [1.29, 1.82) is 0 Å². The Morgan fingerprint density at radius 2 is 1.79 bits per heavy atom. The molecule has 6 nitrogen and oxygen atoms in total. The van der Waals surface area contributed by atoms with E-state index in [2.05, 4.69) is 82.7 Å². The van der Waals surface area contributed by atoms with Crippen LogP contribution in [0.15, 0.2) is 59.4 Å². The number of H-pyrrole nitrogens is 1. The first-order chi connectivity index (χ1) is 14.1. The molecular weight excluding hydrogens is 362 g/mol. The number of nitrogens with zero attached hydrogens (tertiary/aromatic N) is 4. The maximum absolute atomic E-state index is 12.5. The van der Waals surface area contributed by atoms with E-state index in [4.69, 9.17) is 0 Å². The number of rotatable bonds is 7. The largest absolute Gasteiger partial charge is 0.308 e. The molecular formula is C23H25N5O. The highest BCUT2D eigenvalue weighted by atomic mass is 16.1. The fourth-order valence-corrected chi connectivity index (χ4v) is 3.53. The van der Waals surface area contributed by atoms with Crippen LogP contribution in [0.2, 0.25) is 0 Å². The van der Waals surface area contributed by atoms with E-state index < -0.39 is 0 Å². The topological polar surface area (TPSA) is 76.5 Å². The summed E-state index contributed by atoms with van der Waals surface area (Å²) in [6.07, 6.45) is 3.56. The van der Waals surface area contributed by atoms with Crippen LogP contribution in [0.5, 0.6) is 0 Å². The van der Waals surface area contributed by atoms with Gasteiger partial charge in [0.1, 0.15) is 5.82 Å². The van der Waals surface area contributed by atoms with Crippen LogP contribution in [0.25, 0.3) is 11.2 Å². The number of aryl methyl sites for hydroxylation is 2. The van der Waals surface area contributed by atoms with E-state index in [0.717, 1.165) is 24.8 Å². The molecule has 6 heteroatoms. The molecule has 0 amide bonds. The van der Waals surface area contributed by atoms with Crippen molar-refractivity contribution < 1.29 is 0 Å². The lowest BCUT2D eigenvalue weighted by atomic mass is 10.1. The molecule has 0 fully saturated rings. The molecule has 29 heavy (non-hydrogen) atoms. The number of nitrogens with one attached hydrogen (secondary N) is 1. The van der Waals surface area contributed by atoms with E-state index in [9.17, 15) is 4.79 Å². The van der Waals surface area contributed by atoms with Gasteiger partial charge in [-0.15, -0.1) is 5.10 Å². The molecule has 148 valence electrons. The Morgan fingerprint density at radius 3 is 2.55 bits per heavy atom. The summed E-state index contributed by atoms with van der Waals surface area (Å²) < 4.78 is 1.79. The SMILES string of the molecule is Cc1ccc(Cc2nc3c(nnn3C(C)CCCc3ccccc3)c(=O)[nH]2)cc1. The van der Waals surface area contributed by atoms with Crippen LogP contribution in [-0.4, -0.2) is 25.0 Å². The number of aromatic nitrogens is 5. The molecule has 4 aromatic rings. The van der Waals surface area contributed by atoms with Crippen LogP contribution < -0.4 is 5.56 Å². The molecule has 0 bridgehead atoms. The Morgan fingerprint density at radius 1 is 1.03 bits per heavy atom. The highest BCUT2D eigenvalue weighted by Gasteiger charge is 2.16. The summed E-state index contributed by atoms with van der Waals surface area (Å²) in [5.74, 6) is 0.631. The molecule has 0 aliphatic carbocycles. The van der Waals surface area contributed by atoms with Gasteiger partial charge in [0.05, 0.1) is 6.04 Å². The number of hydrogen-bond acceptors (Lipinski definition) is 4. The average molecular weight is 387 g/mol. The van der Waals surface area contributed by atoms with Gasteiger partial charge >= 0.3 is 0 Å². The van der Waals surface area contributed by atoms with E-state index in [1.807, 2.05) is 6.07 Å². The molecule has 1 unspecified atom stereocenters. The summed E-state index contributed by atoms with van der Waals surface area (Å²) in [6.45, 7) is 4.15. The zero-order valence-corrected chi connectivity index (χ0v) is 16.8. The zero-order valence-electron chi connectivity index (χ0n) is 16.8. The molecule has 2 aromatic carbocycles. The molecule has 0 aliphatic heterocycles. The van der Waals surface area contributed by atoms with Gasteiger partial charge < -0.3 is 4.98 Å². The van der Waals surface area contributed by atoms with Crippen molar-refractivity contribution in [2.75, 3.05) is 0 Å². The first kappa shape index (κ1) is 19.1. The van der Waals surface area contributed by atoms with Crippen molar-refractivity contribution in [3.8, 4) is 0 Å². The van der Waals surface area contributed by atoms with Crippen molar-refractivity contribution >= 4 is 11.2 Å². The van der Waals surface area contributed by atoms with Crippen molar-refractivity contribution in [2.24, 2.45) is 0 Å². The van der Waals surface area contributed by atoms with Crippen LogP contribution >= 0.6 is 0 Å². The average Bonchev–Trinajstić information content (AvgIpc) is 3.15. The van der Waals surface area contributed by atoms with E-state index in [1.165, 1.54) is 11.1 Å². The van der Waals surface area contributed by atoms with E-state index in [0.29, 0.717) is 23.4 Å². The molecule has 0 aliphatic rings. The molecule has 1 N–H and O–H groups in total. The summed E-state index contributed by atoms with van der Waals surface area (Å²) in [6, 6.07) is 18.8. The zero-order chi connectivity index (χ0) is 20.2. The lowest BCUT2D eigenvalue weighted by Crippen LogP contribution is -2.15. The van der Waals surface area contributed by atoms with Gasteiger partial charge in [-0.3, -0.25) is 4.79 Å². The maximum Gasteiger partial charge on any atom is 0.281 e. The molecule has 1 atom stereocenters. The first-order valence-corrected chi connectivity index (χ1v) is 10.0. The van der Waals surface area contributed by atoms with Crippen molar-refractivity contribution in [1.82, 2.24) is 25.0 Å². The first-order valence-electron chi connectivity index (χ1n) is 10.0. The third kappa shape index (κ3) is 4.42. The second-order valence-corrected chi connectivity index (χ2v) is 7.61. The number of benzene rings is 2. The van der Waals surface area contributed by atoms with Gasteiger partial charge in [0, 0.05) is 6.42 Å². The van der Waals surface area contributed by atoms with Crippen molar-refractivity contribution in [2.45, 2.75) is 45.6 Å². The number of hydrogen-bond donors (Lipinski definition) is 1. The van der Waals surface area contributed by atoms with Gasteiger partial charge in [0.25, 0.3) is 5.56 Å². The van der Waals surface area contributed by atoms with Gasteiger partial charge in [0.2, 0.25) is 0 Å². The Kier molecular flexibility index (Phi) is 5.51. The monoisotopic (exact) mass is 387 g/mol. The molecule has 0 saturated carbocycles. The number of aromatic amines is 1. The lowest BCUT2D eigenvalue weighted by molar-refractivity contribution is 0.444. The van der Waals surface area contributed by atoms with E-state index >= 15 is 0 Å². The fourth-order valence-electron chi connectivity index (χ4n) is 3.53. The highest BCUT2D eigenvalue weighted by molar-refractivity contribution is 5.68. The van der Waals surface area contributed by atoms with Gasteiger partial charge in [-0.25, -0.2) is 9.67 Å². The van der Waals surface area contributed by atoms with Gasteiger partial charge in [0.15, 0.2) is 11.2 Å². The van der Waals surface area contributed by atoms with Crippen LogP contribution in [0, 0.1) is 6.92 Å². The minimum Gasteiger partial charge on any atom is -0.308 e. The van der Waals surface area contributed by atoms with Crippen molar-refractivity contribution in [3.05, 3.63) is 87.5 Å². The molecule has 0 saturated heterocycles. The van der Waals surface area contributed by atoms with Crippen LogP contribution in [0.3, 0.4) is 0 Å². The smallest absolute Gasteiger partial charge is 0.281 e. The Labute approximate surface area is 169 Å². The fraction of sp³-hybridized carbons (Fsp3) is 0.304. The standard InChI is InChI=1S/C23H25N5O/c1-16-11-13-19(14-12-16)15-20-24-22-21(23(29)25-20)26-27-28(22)17(2)7-6-10-18-8-4-3-5-9-18/h3-5,8-9,11-14,17H,6-7,10,15H2,1-2H3,(H,24,25,29).